The zero-order valence-corrected chi connectivity index (χ0v) is 17.4. The van der Waals surface area contributed by atoms with Crippen molar-refractivity contribution in [3.05, 3.63) is 75.7 Å². The molecule has 30 heavy (non-hydrogen) atoms. The number of hydrogen-bond acceptors (Lipinski definition) is 5. The number of esters is 1. The number of fused-ring (bicyclic) bond motifs is 3. The van der Waals surface area contributed by atoms with E-state index in [1.165, 1.54) is 12.7 Å². The molecule has 6 nitrogen and oxygen atoms in total. The van der Waals surface area contributed by atoms with Crippen LogP contribution in [-0.2, 0) is 22.5 Å². The smallest absolute Gasteiger partial charge is 0.323 e. The number of likely N-dealkylation sites (tertiary alicyclic amines) is 1. The van der Waals surface area contributed by atoms with Crippen LogP contribution in [0.4, 0.5) is 0 Å². The minimum atomic E-state index is -0.516. The van der Waals surface area contributed by atoms with Crippen LogP contribution in [0.5, 0.6) is 0 Å². The van der Waals surface area contributed by atoms with Crippen LogP contribution in [0.1, 0.15) is 29.8 Å². The molecule has 2 aliphatic rings. The Kier molecular flexibility index (Phi) is 5.88. The lowest BCUT2D eigenvalue weighted by molar-refractivity contribution is -0.148. The summed E-state index contributed by atoms with van der Waals surface area (Å²) in [6.07, 6.45) is 4.45. The van der Waals surface area contributed by atoms with E-state index in [2.05, 4.69) is 17.0 Å². The topological polar surface area (TPSA) is 71.8 Å². The molecule has 0 bridgehead atoms. The molecule has 0 amide bonds. The summed E-state index contributed by atoms with van der Waals surface area (Å²) >= 11 is 0. The van der Waals surface area contributed by atoms with Crippen LogP contribution in [0.3, 0.4) is 0 Å². The van der Waals surface area contributed by atoms with Crippen LogP contribution < -0.4 is 5.56 Å². The van der Waals surface area contributed by atoms with Gasteiger partial charge in [-0.05, 0) is 31.0 Å². The number of carbonyl (C=O) groups excluding carboxylic acids is 1. The van der Waals surface area contributed by atoms with E-state index in [-0.39, 0.29) is 36.0 Å². The molecule has 4 rings (SSSR count). The summed E-state index contributed by atoms with van der Waals surface area (Å²) in [5, 5.41) is 10.2. The number of ether oxygens (including phenoxy) is 1. The van der Waals surface area contributed by atoms with Crippen LogP contribution in [0.25, 0.3) is 6.08 Å². The second-order valence-corrected chi connectivity index (χ2v) is 8.03. The highest BCUT2D eigenvalue weighted by atomic mass is 16.5. The minimum absolute atomic E-state index is 0.0107. The average molecular weight is 408 g/mol. The molecule has 1 aromatic heterocycles. The van der Waals surface area contributed by atoms with Crippen molar-refractivity contribution in [2.45, 2.75) is 32.0 Å². The van der Waals surface area contributed by atoms with Crippen molar-refractivity contribution >= 4 is 12.0 Å². The van der Waals surface area contributed by atoms with Gasteiger partial charge in [0.05, 0.1) is 13.2 Å². The van der Waals surface area contributed by atoms with Crippen molar-refractivity contribution in [3.8, 4) is 0 Å². The number of methoxy groups -OCH3 is 1. The van der Waals surface area contributed by atoms with Gasteiger partial charge >= 0.3 is 5.97 Å². The van der Waals surface area contributed by atoms with Gasteiger partial charge in [0.1, 0.15) is 6.04 Å². The maximum atomic E-state index is 13.0. The molecule has 0 aliphatic carbocycles. The zero-order valence-electron chi connectivity index (χ0n) is 17.4. The van der Waals surface area contributed by atoms with E-state index in [9.17, 15) is 14.7 Å². The quantitative estimate of drug-likeness (QED) is 0.743. The van der Waals surface area contributed by atoms with Crippen LogP contribution in [0.2, 0.25) is 0 Å². The largest absolute Gasteiger partial charge is 0.468 e. The highest BCUT2D eigenvalue weighted by Crippen LogP contribution is 2.49. The van der Waals surface area contributed by atoms with Crippen LogP contribution in [0, 0.1) is 11.8 Å². The molecule has 0 unspecified atom stereocenters. The van der Waals surface area contributed by atoms with Gasteiger partial charge in [0, 0.05) is 42.8 Å². The number of aliphatic hydroxyl groups excluding tert-OH is 1. The third kappa shape index (κ3) is 3.40. The molecular weight excluding hydrogens is 380 g/mol. The highest BCUT2D eigenvalue weighted by Gasteiger charge is 2.55. The summed E-state index contributed by atoms with van der Waals surface area (Å²) < 4.78 is 6.92. The Morgan fingerprint density at radius 1 is 1.23 bits per heavy atom. The first kappa shape index (κ1) is 20.6. The van der Waals surface area contributed by atoms with E-state index < -0.39 is 6.04 Å². The number of benzene rings is 1. The van der Waals surface area contributed by atoms with Crippen molar-refractivity contribution in [1.82, 2.24) is 9.47 Å². The summed E-state index contributed by atoms with van der Waals surface area (Å²) in [6, 6.07) is 13.4. The van der Waals surface area contributed by atoms with E-state index in [0.29, 0.717) is 18.7 Å². The van der Waals surface area contributed by atoms with E-state index in [4.69, 9.17) is 4.74 Å². The molecule has 1 fully saturated rings. The second kappa shape index (κ2) is 8.58. The molecule has 1 N–H and O–H groups in total. The number of rotatable bonds is 6. The fourth-order valence-corrected chi connectivity index (χ4v) is 5.18. The fraction of sp³-hybridized carbons (Fsp3) is 0.417. The average Bonchev–Trinajstić information content (AvgIpc) is 3.29. The number of aromatic nitrogens is 1. The summed E-state index contributed by atoms with van der Waals surface area (Å²) in [6.45, 7) is 2.92. The van der Waals surface area contributed by atoms with E-state index in [0.717, 1.165) is 12.1 Å². The van der Waals surface area contributed by atoms with E-state index in [1.807, 2.05) is 54.0 Å². The first-order valence-electron chi connectivity index (χ1n) is 10.5. The van der Waals surface area contributed by atoms with Gasteiger partial charge in [0.15, 0.2) is 0 Å². The lowest BCUT2D eigenvalue weighted by Crippen LogP contribution is -2.44. The molecule has 0 saturated carbocycles. The third-order valence-corrected chi connectivity index (χ3v) is 6.51. The van der Waals surface area contributed by atoms with Gasteiger partial charge in [0.2, 0.25) is 0 Å². The van der Waals surface area contributed by atoms with Crippen LogP contribution in [0.15, 0.2) is 53.3 Å². The molecule has 158 valence electrons. The molecule has 1 aromatic carbocycles. The van der Waals surface area contributed by atoms with Gasteiger partial charge in [-0.1, -0.05) is 42.5 Å². The number of allylic oxidation sites excluding steroid dienone is 1. The highest BCUT2D eigenvalue weighted by molar-refractivity contribution is 5.77. The molecule has 0 radical (unpaired) electrons. The monoisotopic (exact) mass is 408 g/mol. The Balaban J connectivity index is 1.73. The molecule has 1 saturated heterocycles. The van der Waals surface area contributed by atoms with E-state index >= 15 is 0 Å². The third-order valence-electron chi connectivity index (χ3n) is 6.51. The molecule has 0 spiro atoms. The predicted octanol–water partition coefficient (Wildman–Crippen LogP) is 2.26. The van der Waals surface area contributed by atoms with Gasteiger partial charge in [0.25, 0.3) is 5.56 Å². The first-order valence-corrected chi connectivity index (χ1v) is 10.5. The lowest BCUT2D eigenvalue weighted by atomic mass is 9.88. The van der Waals surface area contributed by atoms with Crippen molar-refractivity contribution in [2.75, 3.05) is 20.3 Å². The fourth-order valence-electron chi connectivity index (χ4n) is 5.18. The maximum Gasteiger partial charge on any atom is 0.323 e. The van der Waals surface area contributed by atoms with Gasteiger partial charge < -0.3 is 14.4 Å². The molecular formula is C24H28N2O4. The Hall–Kier alpha value is -2.70. The molecule has 2 aliphatic heterocycles. The van der Waals surface area contributed by atoms with Gasteiger partial charge in [-0.25, -0.2) is 0 Å². The number of pyridine rings is 1. The Morgan fingerprint density at radius 3 is 2.67 bits per heavy atom. The summed E-state index contributed by atoms with van der Waals surface area (Å²) in [5.74, 6) is -0.609. The molecule has 4 atom stereocenters. The summed E-state index contributed by atoms with van der Waals surface area (Å²) in [4.78, 5) is 27.8. The number of aliphatic hydroxyl groups is 1. The number of nitrogens with zero attached hydrogens (tertiary/aromatic N) is 2. The van der Waals surface area contributed by atoms with E-state index in [1.54, 1.807) is 0 Å². The standard InChI is InChI=1S/C24H28N2O4/c1-3-7-17-10-11-20-21-18(14-26(20)23(17)28)19(15-27)22(24(29)30-2)25(21)13-12-16-8-5-4-6-9-16/h3-11,18-19,21-22,27H,12-15H2,1-2H3/b7-3-/t18-,19-,21+,22-/m1/s1. The van der Waals surface area contributed by atoms with Crippen molar-refractivity contribution in [2.24, 2.45) is 11.8 Å². The minimum Gasteiger partial charge on any atom is -0.468 e. The molecule has 2 aromatic rings. The zero-order chi connectivity index (χ0) is 21.3. The van der Waals surface area contributed by atoms with Gasteiger partial charge in [-0.15, -0.1) is 0 Å². The predicted molar refractivity (Wildman–Crippen MR) is 115 cm³/mol. The van der Waals surface area contributed by atoms with Crippen molar-refractivity contribution < 1.29 is 14.6 Å². The maximum absolute atomic E-state index is 13.0. The lowest BCUT2D eigenvalue weighted by Gasteiger charge is -2.29. The summed E-state index contributed by atoms with van der Waals surface area (Å²) in [7, 11) is 1.39. The second-order valence-electron chi connectivity index (χ2n) is 8.03. The van der Waals surface area contributed by atoms with Crippen LogP contribution in [-0.4, -0.2) is 46.8 Å². The summed E-state index contributed by atoms with van der Waals surface area (Å²) in [5.41, 5.74) is 2.73. The van der Waals surface area contributed by atoms with Crippen molar-refractivity contribution in [3.63, 3.8) is 0 Å². The van der Waals surface area contributed by atoms with Crippen molar-refractivity contribution in [1.29, 1.82) is 0 Å². The normalized spacial score (nSPS) is 25.4. The Morgan fingerprint density at radius 2 is 2.00 bits per heavy atom. The first-order chi connectivity index (χ1) is 14.6. The molecule has 6 heteroatoms. The number of carbonyl (C=O) groups is 1. The van der Waals surface area contributed by atoms with Crippen LogP contribution >= 0.6 is 0 Å². The Bertz CT molecular complexity index is 998. The Labute approximate surface area is 176 Å². The SMILES string of the molecule is C/C=C\c1ccc2n(c1=O)C[C@@H]1[C@@H](CO)[C@H](C(=O)OC)N(CCc3ccccc3)[C@H]21. The number of hydrogen-bond donors (Lipinski definition) is 1. The van der Waals surface area contributed by atoms with Gasteiger partial charge in [-0.3, -0.25) is 14.5 Å². The molecule has 3 heterocycles. The van der Waals surface area contributed by atoms with Gasteiger partial charge in [-0.2, -0.15) is 0 Å².